The highest BCUT2D eigenvalue weighted by atomic mass is 28.3. The highest BCUT2D eigenvalue weighted by Gasteiger charge is 2.52. The van der Waals surface area contributed by atoms with Crippen LogP contribution in [0.15, 0.2) is 91.0 Å². The van der Waals surface area contributed by atoms with Crippen LogP contribution in [-0.2, 0) is 9.31 Å². The molecule has 2 nitrogen and oxygen atoms in total. The third-order valence-corrected chi connectivity index (χ3v) is 14.6. The summed E-state index contributed by atoms with van der Waals surface area (Å²) >= 11 is 0. The van der Waals surface area contributed by atoms with Crippen molar-refractivity contribution in [2.75, 3.05) is 0 Å². The lowest BCUT2D eigenvalue weighted by Gasteiger charge is -2.32. The zero-order valence-electron chi connectivity index (χ0n) is 28.6. The highest BCUT2D eigenvalue weighted by molar-refractivity contribution is 6.89. The van der Waals surface area contributed by atoms with Crippen LogP contribution in [0.1, 0.15) is 27.7 Å². The largest absolute Gasteiger partial charge is 0.495 e. The van der Waals surface area contributed by atoms with Gasteiger partial charge in [0, 0.05) is 0 Å². The van der Waals surface area contributed by atoms with E-state index in [1.165, 1.54) is 64.9 Å². The van der Waals surface area contributed by atoms with Gasteiger partial charge in [0.2, 0.25) is 0 Å². The smallest absolute Gasteiger partial charge is 0.399 e. The van der Waals surface area contributed by atoms with Crippen molar-refractivity contribution in [1.29, 1.82) is 0 Å². The first-order valence-electron chi connectivity index (χ1n) is 16.4. The first-order valence-corrected chi connectivity index (χ1v) is 23.4. The summed E-state index contributed by atoms with van der Waals surface area (Å²) < 4.78 is 13.4. The normalized spacial score (nSPS) is 16.8. The second kappa shape index (κ2) is 10.1. The third-order valence-electron chi connectivity index (χ3n) is 10.4. The Labute approximate surface area is 271 Å². The summed E-state index contributed by atoms with van der Waals surface area (Å²) in [7, 11) is -3.25. The van der Waals surface area contributed by atoms with Gasteiger partial charge in [-0.25, -0.2) is 0 Å². The molecule has 0 amide bonds. The minimum atomic E-state index is -1.42. The van der Waals surface area contributed by atoms with E-state index >= 15 is 0 Å². The fourth-order valence-corrected chi connectivity index (χ4v) is 9.21. The maximum atomic E-state index is 6.71. The van der Waals surface area contributed by atoms with E-state index in [0.29, 0.717) is 0 Å². The number of hydrogen-bond donors (Lipinski definition) is 0. The molecule has 5 heteroatoms. The van der Waals surface area contributed by atoms with Crippen LogP contribution in [0, 0.1) is 0 Å². The molecule has 1 aliphatic rings. The fourth-order valence-electron chi connectivity index (χ4n) is 6.88. The first kappa shape index (κ1) is 30.4. The van der Waals surface area contributed by atoms with E-state index < -0.39 is 34.5 Å². The van der Waals surface area contributed by atoms with E-state index in [-0.39, 0.29) is 0 Å². The van der Waals surface area contributed by atoms with Gasteiger partial charge in [0.25, 0.3) is 0 Å². The molecule has 0 spiro atoms. The van der Waals surface area contributed by atoms with Crippen molar-refractivity contribution in [3.8, 4) is 22.3 Å². The van der Waals surface area contributed by atoms with Gasteiger partial charge in [0.15, 0.2) is 0 Å². The molecule has 1 saturated heterocycles. The van der Waals surface area contributed by atoms with Gasteiger partial charge < -0.3 is 9.31 Å². The Morgan fingerprint density at radius 3 is 1.47 bits per heavy atom. The fraction of sp³-hybridized carbons (Fsp3) is 0.300. The molecule has 0 N–H and O–H groups in total. The standard InChI is InChI=1S/C40H45BO2Si2/c1-39(2)40(3,4)43-41(42-39)36-25-35(27-13-19-30(20-14-27)45(8,9)10)33-22-16-28-15-21-31(32-23-24-34(36)38(33)37(28)32)26-11-17-29(18-12-26)44(5,6)7/h11-25H,1-10H3. The van der Waals surface area contributed by atoms with Crippen molar-refractivity contribution in [3.63, 3.8) is 0 Å². The SMILES string of the molecule is CC1(C)OB(c2cc(-c3ccc([Si](C)(C)C)cc3)c3ccc4ccc(-c5ccc([Si](C)(C)C)cc5)c5ccc2c3c45)OC1(C)C. The number of rotatable bonds is 5. The van der Waals surface area contributed by atoms with Crippen molar-refractivity contribution in [3.05, 3.63) is 91.0 Å². The topological polar surface area (TPSA) is 18.5 Å². The zero-order valence-corrected chi connectivity index (χ0v) is 30.6. The molecule has 6 aromatic carbocycles. The van der Waals surface area contributed by atoms with Gasteiger partial charge in [-0.15, -0.1) is 0 Å². The van der Waals surface area contributed by atoms with Crippen LogP contribution in [0.25, 0.3) is 54.6 Å². The van der Waals surface area contributed by atoms with Crippen molar-refractivity contribution >= 4 is 71.4 Å². The van der Waals surface area contributed by atoms with Gasteiger partial charge in [-0.05, 0) is 87.7 Å². The quantitative estimate of drug-likeness (QED) is 0.141. The summed E-state index contributed by atoms with van der Waals surface area (Å²) in [6, 6.07) is 34.8. The molecular weight excluding hydrogens is 579 g/mol. The molecule has 0 aliphatic carbocycles. The molecule has 228 valence electrons. The van der Waals surface area contributed by atoms with Gasteiger partial charge in [0.05, 0.1) is 27.3 Å². The zero-order chi connectivity index (χ0) is 32.1. The molecule has 0 bridgehead atoms. The van der Waals surface area contributed by atoms with E-state index in [1.54, 1.807) is 0 Å². The molecule has 0 unspecified atom stereocenters. The third kappa shape index (κ3) is 5.00. The van der Waals surface area contributed by atoms with E-state index in [2.05, 4.69) is 158 Å². The van der Waals surface area contributed by atoms with Crippen LogP contribution in [0.4, 0.5) is 0 Å². The Balaban J connectivity index is 1.51. The summed E-state index contributed by atoms with van der Waals surface area (Å²) in [6.07, 6.45) is 0. The second-order valence-corrected chi connectivity index (χ2v) is 26.3. The van der Waals surface area contributed by atoms with Crippen molar-refractivity contribution in [1.82, 2.24) is 0 Å². The lowest BCUT2D eigenvalue weighted by Crippen LogP contribution is -2.41. The van der Waals surface area contributed by atoms with Crippen LogP contribution in [0.2, 0.25) is 39.3 Å². The van der Waals surface area contributed by atoms with E-state index in [9.17, 15) is 0 Å². The second-order valence-electron chi connectivity index (χ2n) is 16.1. The van der Waals surface area contributed by atoms with Crippen LogP contribution in [0.3, 0.4) is 0 Å². The molecule has 0 saturated carbocycles. The summed E-state index contributed by atoms with van der Waals surface area (Å²) in [5.41, 5.74) is 5.27. The summed E-state index contributed by atoms with van der Waals surface area (Å²) in [6.45, 7) is 23.0. The van der Waals surface area contributed by atoms with E-state index in [0.717, 1.165) is 5.46 Å². The summed E-state index contributed by atoms with van der Waals surface area (Å²) in [5.74, 6) is 0. The molecule has 0 aromatic heterocycles. The van der Waals surface area contributed by atoms with Gasteiger partial charge in [-0.2, -0.15) is 0 Å². The molecule has 0 atom stereocenters. The van der Waals surface area contributed by atoms with Crippen molar-refractivity contribution in [2.24, 2.45) is 0 Å². The van der Waals surface area contributed by atoms with E-state index in [1.807, 2.05) is 0 Å². The Morgan fingerprint density at radius 2 is 0.933 bits per heavy atom. The Morgan fingerprint density at radius 1 is 0.489 bits per heavy atom. The predicted octanol–water partition coefficient (Wildman–Crippen LogP) is 9.31. The van der Waals surface area contributed by atoms with Gasteiger partial charge in [0.1, 0.15) is 0 Å². The average Bonchev–Trinajstić information content (AvgIpc) is 3.20. The molecular formula is C40H45BO2Si2. The molecule has 1 heterocycles. The molecule has 6 aromatic rings. The highest BCUT2D eigenvalue weighted by Crippen LogP contribution is 2.43. The van der Waals surface area contributed by atoms with Crippen LogP contribution in [0.5, 0.6) is 0 Å². The Bertz CT molecular complexity index is 2050. The molecule has 1 aliphatic heterocycles. The molecule has 1 fully saturated rings. The maximum absolute atomic E-state index is 6.71. The Kier molecular flexibility index (Phi) is 6.86. The van der Waals surface area contributed by atoms with Gasteiger partial charge >= 0.3 is 7.12 Å². The molecule has 0 radical (unpaired) electrons. The molecule has 45 heavy (non-hydrogen) atoms. The van der Waals surface area contributed by atoms with Gasteiger partial charge in [-0.3, -0.25) is 0 Å². The Hall–Kier alpha value is -3.22. The van der Waals surface area contributed by atoms with E-state index in [4.69, 9.17) is 9.31 Å². The number of hydrogen-bond acceptors (Lipinski definition) is 2. The maximum Gasteiger partial charge on any atom is 0.495 e. The van der Waals surface area contributed by atoms with Crippen LogP contribution >= 0.6 is 0 Å². The van der Waals surface area contributed by atoms with Crippen LogP contribution < -0.4 is 15.8 Å². The first-order chi connectivity index (χ1) is 21.0. The van der Waals surface area contributed by atoms with Crippen LogP contribution in [-0.4, -0.2) is 34.5 Å². The number of benzene rings is 6. The lowest BCUT2D eigenvalue weighted by molar-refractivity contribution is 0.00578. The summed E-state index contributed by atoms with van der Waals surface area (Å²) in [5, 5.41) is 10.6. The minimum Gasteiger partial charge on any atom is -0.399 e. The predicted molar refractivity (Wildman–Crippen MR) is 203 cm³/mol. The van der Waals surface area contributed by atoms with Crippen molar-refractivity contribution < 1.29 is 9.31 Å². The lowest BCUT2D eigenvalue weighted by atomic mass is 9.72. The minimum absolute atomic E-state index is 0.421. The van der Waals surface area contributed by atoms with Gasteiger partial charge in [-0.1, -0.05) is 141 Å². The average molecular weight is 625 g/mol. The monoisotopic (exact) mass is 624 g/mol. The summed E-state index contributed by atoms with van der Waals surface area (Å²) in [4.78, 5) is 0. The molecule has 7 rings (SSSR count). The van der Waals surface area contributed by atoms with Crippen molar-refractivity contribution in [2.45, 2.75) is 78.2 Å².